The zero-order valence-corrected chi connectivity index (χ0v) is 12.3. The lowest BCUT2D eigenvalue weighted by molar-refractivity contribution is 0.981. The standard InChI is InChI=1S/C16H13ClN4O/c17-15-14(10-20-21-16(15)22)19-8-11-3-5-12(6-4-11)13-2-1-7-18-9-13/h1-7,9-10H,8H2,(H2,19,21,22). The number of nitrogens with one attached hydrogen (secondary N) is 2. The molecule has 0 spiro atoms. The molecular weight excluding hydrogens is 300 g/mol. The van der Waals surface area contributed by atoms with Crippen molar-refractivity contribution in [2.75, 3.05) is 5.32 Å². The van der Waals surface area contributed by atoms with Crippen LogP contribution in [0.2, 0.25) is 5.02 Å². The van der Waals surface area contributed by atoms with Crippen molar-refractivity contribution in [1.82, 2.24) is 15.2 Å². The van der Waals surface area contributed by atoms with Crippen LogP contribution in [-0.2, 0) is 6.54 Å². The molecule has 0 unspecified atom stereocenters. The molecule has 0 radical (unpaired) electrons. The third-order valence-electron chi connectivity index (χ3n) is 3.23. The summed E-state index contributed by atoms with van der Waals surface area (Å²) in [5, 5.41) is 9.22. The van der Waals surface area contributed by atoms with Gasteiger partial charge in [0.25, 0.3) is 5.56 Å². The van der Waals surface area contributed by atoms with E-state index in [-0.39, 0.29) is 5.02 Å². The van der Waals surface area contributed by atoms with E-state index in [9.17, 15) is 4.79 Å². The molecule has 3 rings (SSSR count). The van der Waals surface area contributed by atoms with Gasteiger partial charge >= 0.3 is 0 Å². The number of aromatic nitrogens is 3. The summed E-state index contributed by atoms with van der Waals surface area (Å²) in [7, 11) is 0. The Morgan fingerprint density at radius 3 is 2.64 bits per heavy atom. The Kier molecular flexibility index (Phi) is 4.16. The SMILES string of the molecule is O=c1[nH]ncc(NCc2ccc(-c3cccnc3)cc2)c1Cl. The molecule has 0 fully saturated rings. The van der Waals surface area contributed by atoms with Crippen molar-refractivity contribution in [3.8, 4) is 11.1 Å². The Morgan fingerprint density at radius 1 is 1.09 bits per heavy atom. The minimum absolute atomic E-state index is 0.113. The third-order valence-corrected chi connectivity index (χ3v) is 3.60. The first-order valence-electron chi connectivity index (χ1n) is 6.70. The lowest BCUT2D eigenvalue weighted by Crippen LogP contribution is -2.11. The van der Waals surface area contributed by atoms with E-state index in [1.165, 1.54) is 6.20 Å². The summed E-state index contributed by atoms with van der Waals surface area (Å²) >= 11 is 5.91. The topological polar surface area (TPSA) is 70.7 Å². The summed E-state index contributed by atoms with van der Waals surface area (Å²) in [6.45, 7) is 0.554. The molecule has 1 aromatic carbocycles. The van der Waals surface area contributed by atoms with E-state index in [4.69, 9.17) is 11.6 Å². The molecule has 0 atom stereocenters. The highest BCUT2D eigenvalue weighted by Crippen LogP contribution is 2.20. The average Bonchev–Trinajstić information content (AvgIpc) is 2.57. The molecule has 5 nitrogen and oxygen atoms in total. The maximum absolute atomic E-state index is 11.4. The summed E-state index contributed by atoms with van der Waals surface area (Å²) in [6, 6.07) is 12.0. The number of pyridine rings is 1. The summed E-state index contributed by atoms with van der Waals surface area (Å²) < 4.78 is 0. The van der Waals surface area contributed by atoms with Gasteiger partial charge in [-0.2, -0.15) is 5.10 Å². The largest absolute Gasteiger partial charge is 0.378 e. The van der Waals surface area contributed by atoms with E-state index in [1.54, 1.807) is 6.20 Å². The average molecular weight is 313 g/mol. The van der Waals surface area contributed by atoms with Gasteiger partial charge in [-0.25, -0.2) is 5.10 Å². The van der Waals surface area contributed by atoms with E-state index < -0.39 is 5.56 Å². The zero-order valence-electron chi connectivity index (χ0n) is 11.6. The van der Waals surface area contributed by atoms with Crippen LogP contribution in [0, 0.1) is 0 Å². The van der Waals surface area contributed by atoms with Crippen LogP contribution in [0.25, 0.3) is 11.1 Å². The zero-order chi connectivity index (χ0) is 15.4. The van der Waals surface area contributed by atoms with Crippen molar-refractivity contribution < 1.29 is 0 Å². The fourth-order valence-corrected chi connectivity index (χ4v) is 2.21. The van der Waals surface area contributed by atoms with E-state index in [0.717, 1.165) is 16.7 Å². The van der Waals surface area contributed by atoms with Gasteiger partial charge in [-0.3, -0.25) is 9.78 Å². The molecule has 0 bridgehead atoms. The van der Waals surface area contributed by atoms with Gasteiger partial charge in [-0.1, -0.05) is 41.9 Å². The van der Waals surface area contributed by atoms with E-state index in [0.29, 0.717) is 12.2 Å². The second-order valence-corrected chi connectivity index (χ2v) is 5.10. The van der Waals surface area contributed by atoms with Crippen LogP contribution in [0.15, 0.2) is 59.8 Å². The molecule has 2 N–H and O–H groups in total. The fourth-order valence-electron chi connectivity index (χ4n) is 2.05. The van der Waals surface area contributed by atoms with Crippen LogP contribution >= 0.6 is 11.6 Å². The molecular formula is C16H13ClN4O. The predicted octanol–water partition coefficient (Wildman–Crippen LogP) is 3.10. The van der Waals surface area contributed by atoms with E-state index >= 15 is 0 Å². The first-order chi connectivity index (χ1) is 10.7. The third kappa shape index (κ3) is 3.15. The molecule has 0 aliphatic rings. The normalized spacial score (nSPS) is 10.4. The molecule has 0 saturated carbocycles. The van der Waals surface area contributed by atoms with Gasteiger partial charge in [-0.15, -0.1) is 0 Å². The Balaban J connectivity index is 1.72. The fraction of sp³-hybridized carbons (Fsp3) is 0.0625. The van der Waals surface area contributed by atoms with E-state index in [2.05, 4.69) is 20.5 Å². The number of H-pyrrole nitrogens is 1. The lowest BCUT2D eigenvalue weighted by Gasteiger charge is -2.08. The number of halogens is 1. The molecule has 0 aliphatic carbocycles. The second kappa shape index (κ2) is 6.41. The number of benzene rings is 1. The van der Waals surface area contributed by atoms with Crippen LogP contribution < -0.4 is 10.9 Å². The molecule has 0 amide bonds. The Morgan fingerprint density at radius 2 is 1.91 bits per heavy atom. The number of hydrogen-bond donors (Lipinski definition) is 2. The highest BCUT2D eigenvalue weighted by atomic mass is 35.5. The first-order valence-corrected chi connectivity index (χ1v) is 7.08. The van der Waals surface area contributed by atoms with Gasteiger partial charge < -0.3 is 5.32 Å². The molecule has 22 heavy (non-hydrogen) atoms. The van der Waals surface area contributed by atoms with Gasteiger partial charge in [0.2, 0.25) is 0 Å². The molecule has 6 heteroatoms. The number of aromatic amines is 1. The van der Waals surface area contributed by atoms with Crippen LogP contribution in [0.3, 0.4) is 0 Å². The summed E-state index contributed by atoms with van der Waals surface area (Å²) in [5.74, 6) is 0. The highest BCUT2D eigenvalue weighted by molar-refractivity contribution is 6.32. The van der Waals surface area contributed by atoms with Gasteiger partial charge in [0.15, 0.2) is 0 Å². The number of anilines is 1. The van der Waals surface area contributed by atoms with Gasteiger partial charge in [0.1, 0.15) is 5.02 Å². The lowest BCUT2D eigenvalue weighted by atomic mass is 10.1. The van der Waals surface area contributed by atoms with Crippen LogP contribution in [0.5, 0.6) is 0 Å². The maximum atomic E-state index is 11.4. The van der Waals surface area contributed by atoms with Crippen molar-refractivity contribution in [2.45, 2.75) is 6.54 Å². The van der Waals surface area contributed by atoms with Gasteiger partial charge in [0.05, 0.1) is 11.9 Å². The van der Waals surface area contributed by atoms with Crippen LogP contribution in [0.1, 0.15) is 5.56 Å². The molecule has 2 heterocycles. The molecule has 110 valence electrons. The Labute approximate surface area is 132 Å². The minimum atomic E-state index is -0.404. The first kappa shape index (κ1) is 14.3. The van der Waals surface area contributed by atoms with Crippen LogP contribution in [0.4, 0.5) is 5.69 Å². The van der Waals surface area contributed by atoms with Gasteiger partial charge in [0, 0.05) is 18.9 Å². The Hall–Kier alpha value is -2.66. The number of rotatable bonds is 4. The molecule has 0 saturated heterocycles. The van der Waals surface area contributed by atoms with E-state index in [1.807, 2.05) is 42.6 Å². The van der Waals surface area contributed by atoms with Crippen molar-refractivity contribution >= 4 is 17.3 Å². The molecule has 2 aromatic heterocycles. The summed E-state index contributed by atoms with van der Waals surface area (Å²) in [6.07, 6.45) is 5.07. The highest BCUT2D eigenvalue weighted by Gasteiger charge is 2.04. The summed E-state index contributed by atoms with van der Waals surface area (Å²) in [5.41, 5.74) is 3.36. The van der Waals surface area contributed by atoms with Gasteiger partial charge in [-0.05, 0) is 22.8 Å². The van der Waals surface area contributed by atoms with Crippen molar-refractivity contribution in [2.24, 2.45) is 0 Å². The number of nitrogens with zero attached hydrogens (tertiary/aromatic N) is 2. The van der Waals surface area contributed by atoms with Crippen molar-refractivity contribution in [1.29, 1.82) is 0 Å². The van der Waals surface area contributed by atoms with Crippen LogP contribution in [-0.4, -0.2) is 15.2 Å². The molecule has 0 aliphatic heterocycles. The summed E-state index contributed by atoms with van der Waals surface area (Å²) in [4.78, 5) is 15.5. The molecule has 3 aromatic rings. The minimum Gasteiger partial charge on any atom is -0.378 e. The predicted molar refractivity (Wildman–Crippen MR) is 86.9 cm³/mol. The number of hydrogen-bond acceptors (Lipinski definition) is 4. The van der Waals surface area contributed by atoms with Crippen molar-refractivity contribution in [3.63, 3.8) is 0 Å². The second-order valence-electron chi connectivity index (χ2n) is 4.72. The monoisotopic (exact) mass is 312 g/mol. The van der Waals surface area contributed by atoms with Crippen molar-refractivity contribution in [3.05, 3.63) is 75.9 Å². The smallest absolute Gasteiger partial charge is 0.285 e. The quantitative estimate of drug-likeness (QED) is 0.776. The Bertz CT molecular complexity index is 816. The maximum Gasteiger partial charge on any atom is 0.285 e.